The standard InChI is InChI=1S/C19H27NO5/c1-12-7-5-6-8-16(12)20-18(21)13(2)25-19(22)15-10-9-14(23-3)11-17(15)24-4/h9-13,16H,5-8H2,1-4H3,(H,20,21)/t12-,13-,16+/m1/s1. The highest BCUT2D eigenvalue weighted by Gasteiger charge is 2.27. The van der Waals surface area contributed by atoms with Crippen LogP contribution < -0.4 is 14.8 Å². The molecular weight excluding hydrogens is 322 g/mol. The lowest BCUT2D eigenvalue weighted by molar-refractivity contribution is -0.130. The van der Waals surface area contributed by atoms with Crippen LogP contribution in [0.25, 0.3) is 0 Å². The molecule has 0 aliphatic heterocycles. The molecule has 0 saturated heterocycles. The van der Waals surface area contributed by atoms with Crippen molar-refractivity contribution in [1.82, 2.24) is 5.32 Å². The zero-order valence-corrected chi connectivity index (χ0v) is 15.3. The molecule has 0 spiro atoms. The molecule has 6 nitrogen and oxygen atoms in total. The van der Waals surface area contributed by atoms with Gasteiger partial charge in [0.25, 0.3) is 5.91 Å². The summed E-state index contributed by atoms with van der Waals surface area (Å²) in [5.74, 6) is 0.504. The van der Waals surface area contributed by atoms with E-state index in [1.54, 1.807) is 25.1 Å². The normalized spacial score (nSPS) is 21.1. The molecule has 1 aliphatic carbocycles. The Hall–Kier alpha value is -2.24. The minimum atomic E-state index is -0.867. The van der Waals surface area contributed by atoms with E-state index in [2.05, 4.69) is 12.2 Å². The molecule has 1 aliphatic rings. The van der Waals surface area contributed by atoms with E-state index in [1.807, 2.05) is 0 Å². The molecule has 0 unspecified atom stereocenters. The first-order valence-electron chi connectivity index (χ1n) is 8.69. The number of methoxy groups -OCH3 is 2. The molecule has 2 rings (SSSR count). The zero-order valence-electron chi connectivity index (χ0n) is 15.3. The third kappa shape index (κ3) is 4.87. The average molecular weight is 349 g/mol. The van der Waals surface area contributed by atoms with E-state index in [0.717, 1.165) is 19.3 Å². The van der Waals surface area contributed by atoms with Gasteiger partial charge < -0.3 is 19.5 Å². The van der Waals surface area contributed by atoms with Crippen molar-refractivity contribution in [1.29, 1.82) is 0 Å². The maximum Gasteiger partial charge on any atom is 0.342 e. The van der Waals surface area contributed by atoms with Crippen molar-refractivity contribution in [3.05, 3.63) is 23.8 Å². The Balaban J connectivity index is 1.98. The van der Waals surface area contributed by atoms with Crippen LogP contribution in [0.3, 0.4) is 0 Å². The van der Waals surface area contributed by atoms with Crippen molar-refractivity contribution in [3.63, 3.8) is 0 Å². The highest BCUT2D eigenvalue weighted by Crippen LogP contribution is 2.26. The van der Waals surface area contributed by atoms with E-state index in [-0.39, 0.29) is 17.5 Å². The third-order valence-electron chi connectivity index (χ3n) is 4.72. The van der Waals surface area contributed by atoms with Crippen molar-refractivity contribution in [2.24, 2.45) is 5.92 Å². The van der Waals surface area contributed by atoms with E-state index in [1.165, 1.54) is 20.6 Å². The monoisotopic (exact) mass is 349 g/mol. The van der Waals surface area contributed by atoms with Crippen LogP contribution in [0.5, 0.6) is 11.5 Å². The van der Waals surface area contributed by atoms with E-state index in [0.29, 0.717) is 17.4 Å². The molecule has 138 valence electrons. The number of carbonyl (C=O) groups is 2. The maximum absolute atomic E-state index is 12.4. The largest absolute Gasteiger partial charge is 0.497 e. The van der Waals surface area contributed by atoms with Gasteiger partial charge in [-0.05, 0) is 37.8 Å². The summed E-state index contributed by atoms with van der Waals surface area (Å²) in [5, 5.41) is 3.00. The average Bonchev–Trinajstić information content (AvgIpc) is 2.62. The predicted octanol–water partition coefficient (Wildman–Crippen LogP) is 2.94. The van der Waals surface area contributed by atoms with Crippen LogP contribution in [-0.2, 0) is 9.53 Å². The van der Waals surface area contributed by atoms with Crippen molar-refractivity contribution in [2.45, 2.75) is 51.7 Å². The van der Waals surface area contributed by atoms with Crippen LogP contribution in [0.15, 0.2) is 18.2 Å². The number of rotatable bonds is 6. The van der Waals surface area contributed by atoms with Gasteiger partial charge in [-0.25, -0.2) is 4.79 Å². The van der Waals surface area contributed by atoms with E-state index < -0.39 is 12.1 Å². The van der Waals surface area contributed by atoms with Crippen LogP contribution in [0.1, 0.15) is 49.9 Å². The quantitative estimate of drug-likeness (QED) is 0.799. The fraction of sp³-hybridized carbons (Fsp3) is 0.579. The molecule has 6 heteroatoms. The van der Waals surface area contributed by atoms with Crippen molar-refractivity contribution in [3.8, 4) is 11.5 Å². The van der Waals surface area contributed by atoms with E-state index >= 15 is 0 Å². The number of amides is 1. The van der Waals surface area contributed by atoms with Crippen LogP contribution in [-0.4, -0.2) is 38.2 Å². The molecule has 1 aromatic carbocycles. The Morgan fingerprint density at radius 2 is 1.88 bits per heavy atom. The van der Waals surface area contributed by atoms with Gasteiger partial charge in [0, 0.05) is 12.1 Å². The Kier molecular flexibility index (Phi) is 6.67. The molecule has 0 radical (unpaired) electrons. The summed E-state index contributed by atoms with van der Waals surface area (Å²) in [7, 11) is 3.00. The molecule has 3 atom stereocenters. The molecule has 1 amide bonds. The number of ether oxygens (including phenoxy) is 3. The van der Waals surface area contributed by atoms with Gasteiger partial charge in [0.2, 0.25) is 0 Å². The summed E-state index contributed by atoms with van der Waals surface area (Å²) in [6.07, 6.45) is 3.54. The summed E-state index contributed by atoms with van der Waals surface area (Å²) >= 11 is 0. The fourth-order valence-electron chi connectivity index (χ4n) is 3.08. The lowest BCUT2D eigenvalue weighted by Gasteiger charge is -2.30. The SMILES string of the molecule is COc1ccc(C(=O)O[C@H](C)C(=O)N[C@H]2CCCC[C@H]2C)c(OC)c1. The van der Waals surface area contributed by atoms with Crippen molar-refractivity contribution < 1.29 is 23.8 Å². The number of esters is 1. The molecular formula is C19H27NO5. The van der Waals surface area contributed by atoms with Crippen LogP contribution in [0.4, 0.5) is 0 Å². The molecule has 0 heterocycles. The van der Waals surface area contributed by atoms with Gasteiger partial charge in [0.1, 0.15) is 17.1 Å². The summed E-state index contributed by atoms with van der Waals surface area (Å²) in [6, 6.07) is 4.96. The first kappa shape index (κ1) is 19.1. The lowest BCUT2D eigenvalue weighted by atomic mass is 9.86. The van der Waals surface area contributed by atoms with Gasteiger partial charge in [-0.2, -0.15) is 0 Å². The zero-order chi connectivity index (χ0) is 18.4. The summed E-state index contributed by atoms with van der Waals surface area (Å²) in [4.78, 5) is 24.7. The van der Waals surface area contributed by atoms with E-state index in [4.69, 9.17) is 14.2 Å². The summed E-state index contributed by atoms with van der Waals surface area (Å²) < 4.78 is 15.6. The Labute approximate surface area is 148 Å². The highest BCUT2D eigenvalue weighted by molar-refractivity contribution is 5.94. The van der Waals surface area contributed by atoms with Crippen molar-refractivity contribution in [2.75, 3.05) is 14.2 Å². The molecule has 1 aromatic rings. The van der Waals surface area contributed by atoms with Gasteiger partial charge >= 0.3 is 5.97 Å². The second-order valence-electron chi connectivity index (χ2n) is 6.49. The van der Waals surface area contributed by atoms with Gasteiger partial charge in [0.05, 0.1) is 14.2 Å². The second-order valence-corrected chi connectivity index (χ2v) is 6.49. The van der Waals surface area contributed by atoms with Gasteiger partial charge in [-0.1, -0.05) is 19.8 Å². The molecule has 25 heavy (non-hydrogen) atoms. The lowest BCUT2D eigenvalue weighted by Crippen LogP contribution is -2.46. The molecule has 1 saturated carbocycles. The van der Waals surface area contributed by atoms with E-state index in [9.17, 15) is 9.59 Å². The molecule has 0 aromatic heterocycles. The third-order valence-corrected chi connectivity index (χ3v) is 4.72. The first-order chi connectivity index (χ1) is 12.0. The highest BCUT2D eigenvalue weighted by atomic mass is 16.5. The molecule has 0 bridgehead atoms. The van der Waals surface area contributed by atoms with Crippen LogP contribution >= 0.6 is 0 Å². The minimum Gasteiger partial charge on any atom is -0.497 e. The fourth-order valence-corrected chi connectivity index (χ4v) is 3.08. The summed E-state index contributed by atoms with van der Waals surface area (Å²) in [6.45, 7) is 3.72. The first-order valence-corrected chi connectivity index (χ1v) is 8.69. The number of hydrogen-bond donors (Lipinski definition) is 1. The second kappa shape index (κ2) is 8.74. The maximum atomic E-state index is 12.4. The Bertz CT molecular complexity index is 616. The summed E-state index contributed by atoms with van der Waals surface area (Å²) in [5.41, 5.74) is 0.258. The van der Waals surface area contributed by atoms with Gasteiger partial charge in [-0.15, -0.1) is 0 Å². The minimum absolute atomic E-state index is 0.151. The predicted molar refractivity (Wildman–Crippen MR) is 94.0 cm³/mol. The number of hydrogen-bond acceptors (Lipinski definition) is 5. The van der Waals surface area contributed by atoms with Crippen LogP contribution in [0, 0.1) is 5.92 Å². The van der Waals surface area contributed by atoms with Gasteiger partial charge in [0.15, 0.2) is 6.10 Å². The smallest absolute Gasteiger partial charge is 0.342 e. The molecule has 1 N–H and O–H groups in total. The Morgan fingerprint density at radius 1 is 1.16 bits per heavy atom. The Morgan fingerprint density at radius 3 is 2.52 bits per heavy atom. The number of carbonyl (C=O) groups excluding carboxylic acids is 2. The number of nitrogens with one attached hydrogen (secondary N) is 1. The molecule has 1 fully saturated rings. The number of benzene rings is 1. The topological polar surface area (TPSA) is 73.9 Å². The van der Waals surface area contributed by atoms with Crippen molar-refractivity contribution >= 4 is 11.9 Å². The van der Waals surface area contributed by atoms with Gasteiger partial charge in [-0.3, -0.25) is 4.79 Å². The van der Waals surface area contributed by atoms with Crippen LogP contribution in [0.2, 0.25) is 0 Å².